The Morgan fingerprint density at radius 1 is 1.64 bits per heavy atom. The quantitative estimate of drug-likeness (QED) is 0.573. The van der Waals surface area contributed by atoms with Crippen LogP contribution in [0.3, 0.4) is 0 Å². The average molecular weight is 211 g/mol. The van der Waals surface area contributed by atoms with Crippen LogP contribution in [-0.4, -0.2) is 23.2 Å². The van der Waals surface area contributed by atoms with E-state index in [2.05, 4.69) is 10.3 Å². The van der Waals surface area contributed by atoms with Gasteiger partial charge in [0.15, 0.2) is 0 Å². The van der Waals surface area contributed by atoms with Crippen LogP contribution in [0.2, 0.25) is 0 Å². The second-order valence-corrected chi connectivity index (χ2v) is 3.92. The maximum absolute atomic E-state index is 10.6. The number of carbonyl (C=O) groups excluding carboxylic acids is 1. The Morgan fingerprint density at radius 3 is 3.00 bits per heavy atom. The first-order valence-electron chi connectivity index (χ1n) is 4.27. The minimum atomic E-state index is 0.000955. The van der Waals surface area contributed by atoms with Gasteiger partial charge in [0.05, 0.1) is 0 Å². The normalized spacial score (nSPS) is 9.79. The molecule has 0 bridgehead atoms. The molecule has 0 aliphatic carbocycles. The molecule has 0 radical (unpaired) electrons. The highest BCUT2D eigenvalue weighted by Gasteiger charge is 1.95. The van der Waals surface area contributed by atoms with Gasteiger partial charge in [-0.05, 0) is 12.1 Å². The highest BCUT2D eigenvalue weighted by atomic mass is 32.2. The van der Waals surface area contributed by atoms with Crippen LogP contribution >= 0.6 is 11.8 Å². The van der Waals surface area contributed by atoms with Gasteiger partial charge in [0.25, 0.3) is 0 Å². The van der Waals surface area contributed by atoms with Crippen LogP contribution in [0.25, 0.3) is 0 Å². The van der Waals surface area contributed by atoms with E-state index in [0.29, 0.717) is 12.4 Å². The lowest BCUT2D eigenvalue weighted by molar-refractivity contribution is -0.118. The predicted molar refractivity (Wildman–Crippen MR) is 58.1 cm³/mol. The smallest absolute Gasteiger partial charge is 0.216 e. The molecule has 3 N–H and O–H groups in total. The third-order valence-corrected chi connectivity index (χ3v) is 2.49. The van der Waals surface area contributed by atoms with Crippen molar-refractivity contribution in [2.24, 2.45) is 0 Å². The number of amides is 1. The van der Waals surface area contributed by atoms with Gasteiger partial charge >= 0.3 is 0 Å². The Kier molecular flexibility index (Phi) is 4.25. The summed E-state index contributed by atoms with van der Waals surface area (Å²) < 4.78 is 0. The summed E-state index contributed by atoms with van der Waals surface area (Å²) in [5, 5.41) is 2.72. The van der Waals surface area contributed by atoms with Crippen molar-refractivity contribution in [3.63, 3.8) is 0 Å². The minimum Gasteiger partial charge on any atom is -0.384 e. The third-order valence-electron chi connectivity index (χ3n) is 1.50. The van der Waals surface area contributed by atoms with Crippen LogP contribution in [0, 0.1) is 0 Å². The molecule has 1 amide bonds. The topological polar surface area (TPSA) is 68.0 Å². The molecule has 0 unspecified atom stereocenters. The summed E-state index contributed by atoms with van der Waals surface area (Å²) in [6, 6.07) is 3.68. The second kappa shape index (κ2) is 5.49. The van der Waals surface area contributed by atoms with Gasteiger partial charge in [0.1, 0.15) is 5.82 Å². The molecule has 76 valence electrons. The third kappa shape index (κ3) is 4.13. The van der Waals surface area contributed by atoms with Crippen LogP contribution in [0.1, 0.15) is 6.92 Å². The Morgan fingerprint density at radius 2 is 2.43 bits per heavy atom. The van der Waals surface area contributed by atoms with Crippen molar-refractivity contribution >= 4 is 23.5 Å². The molecule has 0 spiro atoms. The molecule has 0 atom stereocenters. The van der Waals surface area contributed by atoms with Crippen molar-refractivity contribution in [1.29, 1.82) is 0 Å². The zero-order chi connectivity index (χ0) is 10.4. The van der Waals surface area contributed by atoms with Gasteiger partial charge in [-0.1, -0.05) is 0 Å². The maximum Gasteiger partial charge on any atom is 0.216 e. The number of anilines is 1. The van der Waals surface area contributed by atoms with Gasteiger partial charge < -0.3 is 11.1 Å². The molecule has 1 heterocycles. The van der Waals surface area contributed by atoms with E-state index in [4.69, 9.17) is 5.73 Å². The number of hydrogen-bond acceptors (Lipinski definition) is 4. The molecule has 1 rings (SSSR count). The highest BCUT2D eigenvalue weighted by molar-refractivity contribution is 7.99. The highest BCUT2D eigenvalue weighted by Crippen LogP contribution is 2.16. The molecule has 0 saturated heterocycles. The zero-order valence-electron chi connectivity index (χ0n) is 7.99. The van der Waals surface area contributed by atoms with Crippen LogP contribution in [-0.2, 0) is 4.79 Å². The van der Waals surface area contributed by atoms with Crippen LogP contribution in [0.4, 0.5) is 5.82 Å². The van der Waals surface area contributed by atoms with E-state index in [9.17, 15) is 4.79 Å². The largest absolute Gasteiger partial charge is 0.384 e. The molecule has 0 aliphatic rings. The number of nitrogen functional groups attached to an aromatic ring is 1. The SMILES string of the molecule is CC(=O)NCCSc1ccc(N)nc1. The van der Waals surface area contributed by atoms with Crippen molar-refractivity contribution in [2.45, 2.75) is 11.8 Å². The van der Waals surface area contributed by atoms with E-state index in [-0.39, 0.29) is 5.91 Å². The van der Waals surface area contributed by atoms with Gasteiger partial charge in [0, 0.05) is 30.3 Å². The Hall–Kier alpha value is -1.23. The number of aromatic nitrogens is 1. The number of nitrogens with zero attached hydrogens (tertiary/aromatic N) is 1. The Labute approximate surface area is 87.3 Å². The molecule has 4 nitrogen and oxygen atoms in total. The molecule has 14 heavy (non-hydrogen) atoms. The maximum atomic E-state index is 10.6. The summed E-state index contributed by atoms with van der Waals surface area (Å²) in [4.78, 5) is 15.6. The number of hydrogen-bond donors (Lipinski definition) is 2. The summed E-state index contributed by atoms with van der Waals surface area (Å²) in [6.07, 6.45) is 1.73. The molecule has 1 aromatic heterocycles. The number of carbonyl (C=O) groups is 1. The van der Waals surface area contributed by atoms with Crippen LogP contribution in [0.5, 0.6) is 0 Å². The predicted octanol–water partition coefficient (Wildman–Crippen LogP) is 0.892. The monoisotopic (exact) mass is 211 g/mol. The molecule has 0 saturated carbocycles. The fourth-order valence-corrected chi connectivity index (χ4v) is 1.60. The van der Waals surface area contributed by atoms with Crippen LogP contribution in [0.15, 0.2) is 23.2 Å². The van der Waals surface area contributed by atoms with Gasteiger partial charge in [-0.2, -0.15) is 0 Å². The summed E-state index contributed by atoms with van der Waals surface area (Å²) in [7, 11) is 0. The van der Waals surface area contributed by atoms with E-state index in [1.807, 2.05) is 6.07 Å². The molecule has 0 aromatic carbocycles. The summed E-state index contributed by atoms with van der Waals surface area (Å²) in [6.45, 7) is 2.18. The first-order chi connectivity index (χ1) is 6.68. The van der Waals surface area contributed by atoms with Crippen molar-refractivity contribution in [3.05, 3.63) is 18.3 Å². The van der Waals surface area contributed by atoms with Gasteiger partial charge in [0.2, 0.25) is 5.91 Å². The zero-order valence-corrected chi connectivity index (χ0v) is 8.80. The lowest BCUT2D eigenvalue weighted by atomic mass is 10.5. The van der Waals surface area contributed by atoms with E-state index in [1.54, 1.807) is 24.0 Å². The fourth-order valence-electron chi connectivity index (χ4n) is 0.873. The van der Waals surface area contributed by atoms with Crippen molar-refractivity contribution in [1.82, 2.24) is 10.3 Å². The first kappa shape index (κ1) is 10.8. The number of thioether (sulfide) groups is 1. The molecule has 5 heteroatoms. The molecule has 0 aliphatic heterocycles. The number of nitrogens with one attached hydrogen (secondary N) is 1. The van der Waals surface area contributed by atoms with Crippen LogP contribution < -0.4 is 11.1 Å². The second-order valence-electron chi connectivity index (χ2n) is 2.75. The molecule has 0 fully saturated rings. The van der Waals surface area contributed by atoms with E-state index >= 15 is 0 Å². The molecule has 1 aromatic rings. The molecular weight excluding hydrogens is 198 g/mol. The standard InChI is InChI=1S/C9H13N3OS/c1-7(13)11-4-5-14-8-2-3-9(10)12-6-8/h2-3,6H,4-5H2,1H3,(H2,10,12)(H,11,13). The first-order valence-corrected chi connectivity index (χ1v) is 5.26. The van der Waals surface area contributed by atoms with Crippen molar-refractivity contribution in [2.75, 3.05) is 18.0 Å². The van der Waals surface area contributed by atoms with E-state index in [0.717, 1.165) is 10.6 Å². The van der Waals surface area contributed by atoms with Crippen molar-refractivity contribution < 1.29 is 4.79 Å². The fraction of sp³-hybridized carbons (Fsp3) is 0.333. The van der Waals surface area contributed by atoms with Gasteiger partial charge in [-0.15, -0.1) is 11.8 Å². The van der Waals surface area contributed by atoms with Crippen molar-refractivity contribution in [3.8, 4) is 0 Å². The van der Waals surface area contributed by atoms with Gasteiger partial charge in [-0.3, -0.25) is 4.79 Å². The minimum absolute atomic E-state index is 0.000955. The number of nitrogens with two attached hydrogens (primary N) is 1. The summed E-state index contributed by atoms with van der Waals surface area (Å²) in [5.74, 6) is 1.36. The Balaban J connectivity index is 2.25. The summed E-state index contributed by atoms with van der Waals surface area (Å²) in [5.41, 5.74) is 5.44. The number of pyridine rings is 1. The number of rotatable bonds is 4. The average Bonchev–Trinajstić information content (AvgIpc) is 2.15. The van der Waals surface area contributed by atoms with E-state index in [1.165, 1.54) is 6.92 Å². The van der Waals surface area contributed by atoms with E-state index < -0.39 is 0 Å². The lowest BCUT2D eigenvalue weighted by Crippen LogP contribution is -2.22. The summed E-state index contributed by atoms with van der Waals surface area (Å²) >= 11 is 1.64. The van der Waals surface area contributed by atoms with Gasteiger partial charge in [-0.25, -0.2) is 4.98 Å². The Bertz CT molecular complexity index is 299. The lowest BCUT2D eigenvalue weighted by Gasteiger charge is -2.02. The molecular formula is C9H13N3OS.